The zero-order chi connectivity index (χ0) is 17.2. The van der Waals surface area contributed by atoms with Gasteiger partial charge in [0.15, 0.2) is 11.5 Å². The largest absolute Gasteiger partial charge is 0.454 e. The molecule has 3 atom stereocenters. The number of rotatable bonds is 6. The Morgan fingerprint density at radius 1 is 1.32 bits per heavy atom. The quantitative estimate of drug-likeness (QED) is 0.874. The van der Waals surface area contributed by atoms with E-state index in [-0.39, 0.29) is 6.10 Å². The number of hydrogen-bond donors (Lipinski definition) is 1. The Balaban J connectivity index is 1.32. The maximum atomic E-state index is 5.93. The summed E-state index contributed by atoms with van der Waals surface area (Å²) in [6.07, 6.45) is 6.92. The van der Waals surface area contributed by atoms with E-state index in [0.717, 1.165) is 43.2 Å². The Morgan fingerprint density at radius 3 is 3.04 bits per heavy atom. The molecule has 0 aliphatic carbocycles. The predicted octanol–water partition coefficient (Wildman–Crippen LogP) is 2.59. The highest BCUT2D eigenvalue weighted by Crippen LogP contribution is 2.33. The summed E-state index contributed by atoms with van der Waals surface area (Å²) in [4.78, 5) is 4.45. The van der Waals surface area contributed by atoms with Gasteiger partial charge in [0, 0.05) is 38.1 Å². The summed E-state index contributed by atoms with van der Waals surface area (Å²) in [5, 5.41) is 3.73. The van der Waals surface area contributed by atoms with Crippen molar-refractivity contribution in [1.82, 2.24) is 14.9 Å². The van der Waals surface area contributed by atoms with Gasteiger partial charge in [0.25, 0.3) is 0 Å². The minimum atomic E-state index is 0.0352. The first-order chi connectivity index (χ1) is 12.2. The van der Waals surface area contributed by atoms with E-state index in [1.807, 2.05) is 30.1 Å². The fraction of sp³-hybridized carbons (Fsp3) is 0.526. The number of aryl methyl sites for hydroxylation is 2. The highest BCUT2D eigenvalue weighted by Gasteiger charge is 2.32. The summed E-state index contributed by atoms with van der Waals surface area (Å²) < 4.78 is 18.8. The number of benzene rings is 1. The Labute approximate surface area is 148 Å². The smallest absolute Gasteiger partial charge is 0.231 e. The van der Waals surface area contributed by atoms with Crippen molar-refractivity contribution in [1.29, 1.82) is 0 Å². The van der Waals surface area contributed by atoms with Gasteiger partial charge in [-0.05, 0) is 43.9 Å². The fourth-order valence-corrected chi connectivity index (χ4v) is 3.59. The fourth-order valence-electron chi connectivity index (χ4n) is 3.59. The Morgan fingerprint density at radius 2 is 2.20 bits per heavy atom. The lowest BCUT2D eigenvalue weighted by Gasteiger charge is -2.24. The summed E-state index contributed by atoms with van der Waals surface area (Å²) in [5.74, 6) is 2.70. The lowest BCUT2D eigenvalue weighted by molar-refractivity contribution is 0.0874. The van der Waals surface area contributed by atoms with Crippen LogP contribution in [0.3, 0.4) is 0 Å². The van der Waals surface area contributed by atoms with E-state index in [1.165, 1.54) is 5.56 Å². The normalized spacial score (nSPS) is 23.1. The number of aromatic nitrogens is 2. The number of nitrogens with one attached hydrogen (secondary N) is 1. The first kappa shape index (κ1) is 16.4. The molecule has 0 bridgehead atoms. The standard InChI is InChI=1S/C19H25N3O3/c1-13(3-4-14-5-6-16-17(11-14)25-12-24-16)21-15-7-10-23-18(15)19-20-8-9-22(19)2/h5-6,8-9,11,13,15,18,21H,3-4,7,10,12H2,1-2H3/t13-,15-,18-/m0/s1. The van der Waals surface area contributed by atoms with Crippen LogP contribution < -0.4 is 14.8 Å². The van der Waals surface area contributed by atoms with Crippen molar-refractivity contribution < 1.29 is 14.2 Å². The molecule has 4 rings (SSSR count). The van der Waals surface area contributed by atoms with Crippen LogP contribution in [-0.4, -0.2) is 35.0 Å². The molecule has 0 amide bonds. The first-order valence-electron chi connectivity index (χ1n) is 8.94. The van der Waals surface area contributed by atoms with Gasteiger partial charge in [0.05, 0.1) is 0 Å². The van der Waals surface area contributed by atoms with Crippen molar-refractivity contribution in [3.05, 3.63) is 42.0 Å². The molecule has 0 radical (unpaired) electrons. The van der Waals surface area contributed by atoms with Crippen molar-refractivity contribution in [2.75, 3.05) is 13.4 Å². The average molecular weight is 343 g/mol. The van der Waals surface area contributed by atoms with Gasteiger partial charge in [-0.25, -0.2) is 4.98 Å². The molecule has 2 aromatic rings. The van der Waals surface area contributed by atoms with Gasteiger partial charge in [-0.15, -0.1) is 0 Å². The van der Waals surface area contributed by atoms with Crippen molar-refractivity contribution in [3.63, 3.8) is 0 Å². The van der Waals surface area contributed by atoms with E-state index in [1.54, 1.807) is 0 Å². The Hall–Kier alpha value is -2.05. The minimum absolute atomic E-state index is 0.0352. The van der Waals surface area contributed by atoms with Crippen LogP contribution in [0.5, 0.6) is 11.5 Å². The van der Waals surface area contributed by atoms with E-state index in [4.69, 9.17) is 14.2 Å². The summed E-state index contributed by atoms with van der Waals surface area (Å²) >= 11 is 0. The highest BCUT2D eigenvalue weighted by atomic mass is 16.7. The van der Waals surface area contributed by atoms with Crippen molar-refractivity contribution in [3.8, 4) is 11.5 Å². The molecular weight excluding hydrogens is 318 g/mol. The van der Waals surface area contributed by atoms with Crippen LogP contribution in [-0.2, 0) is 18.2 Å². The molecule has 1 saturated heterocycles. The molecule has 0 unspecified atom stereocenters. The number of ether oxygens (including phenoxy) is 3. The van der Waals surface area contributed by atoms with Crippen LogP contribution in [0.15, 0.2) is 30.6 Å². The van der Waals surface area contributed by atoms with Crippen LogP contribution >= 0.6 is 0 Å². The number of hydrogen-bond acceptors (Lipinski definition) is 5. The van der Waals surface area contributed by atoms with Crippen LogP contribution in [0.1, 0.15) is 37.3 Å². The second-order valence-electron chi connectivity index (χ2n) is 6.88. The molecule has 1 fully saturated rings. The zero-order valence-corrected chi connectivity index (χ0v) is 14.8. The van der Waals surface area contributed by atoms with Crippen LogP contribution in [0, 0.1) is 0 Å². The third-order valence-corrected chi connectivity index (χ3v) is 5.01. The average Bonchev–Trinajstić information content (AvgIpc) is 3.33. The van der Waals surface area contributed by atoms with E-state index in [0.29, 0.717) is 18.9 Å². The van der Waals surface area contributed by atoms with Crippen LogP contribution in [0.4, 0.5) is 0 Å². The number of fused-ring (bicyclic) bond motifs is 1. The summed E-state index contributed by atoms with van der Waals surface area (Å²) in [6, 6.07) is 6.92. The van der Waals surface area contributed by atoms with Gasteiger partial charge in [0.2, 0.25) is 6.79 Å². The monoisotopic (exact) mass is 343 g/mol. The molecule has 1 aromatic carbocycles. The summed E-state index contributed by atoms with van der Waals surface area (Å²) in [5.41, 5.74) is 1.28. The molecule has 6 heteroatoms. The van der Waals surface area contributed by atoms with Crippen LogP contribution in [0.2, 0.25) is 0 Å². The number of imidazole rings is 1. The molecule has 1 N–H and O–H groups in total. The Kier molecular flexibility index (Phi) is 4.63. The molecule has 134 valence electrons. The van der Waals surface area contributed by atoms with Crippen molar-refractivity contribution >= 4 is 0 Å². The molecule has 2 aliphatic heterocycles. The molecule has 3 heterocycles. The third kappa shape index (κ3) is 3.50. The van der Waals surface area contributed by atoms with Crippen molar-refractivity contribution in [2.24, 2.45) is 7.05 Å². The minimum Gasteiger partial charge on any atom is -0.454 e. The zero-order valence-electron chi connectivity index (χ0n) is 14.8. The highest BCUT2D eigenvalue weighted by molar-refractivity contribution is 5.44. The first-order valence-corrected chi connectivity index (χ1v) is 8.94. The van der Waals surface area contributed by atoms with E-state index < -0.39 is 0 Å². The lowest BCUT2D eigenvalue weighted by atomic mass is 10.0. The summed E-state index contributed by atoms with van der Waals surface area (Å²) in [7, 11) is 2.02. The van der Waals surface area contributed by atoms with Gasteiger partial charge < -0.3 is 24.1 Å². The van der Waals surface area contributed by atoms with E-state index >= 15 is 0 Å². The van der Waals surface area contributed by atoms with Gasteiger partial charge in [-0.2, -0.15) is 0 Å². The Bertz CT molecular complexity index is 730. The molecule has 1 aromatic heterocycles. The molecule has 6 nitrogen and oxygen atoms in total. The molecular formula is C19H25N3O3. The van der Waals surface area contributed by atoms with Gasteiger partial charge in [0.1, 0.15) is 11.9 Å². The van der Waals surface area contributed by atoms with E-state index in [2.05, 4.69) is 29.4 Å². The second kappa shape index (κ2) is 7.06. The molecule has 25 heavy (non-hydrogen) atoms. The maximum absolute atomic E-state index is 5.93. The molecule has 2 aliphatic rings. The van der Waals surface area contributed by atoms with Crippen molar-refractivity contribution in [2.45, 2.75) is 44.4 Å². The SMILES string of the molecule is C[C@@H](CCc1ccc2c(c1)OCO2)N[C@H]1CCO[C@@H]1c1nccn1C. The topological polar surface area (TPSA) is 57.5 Å². The van der Waals surface area contributed by atoms with Crippen LogP contribution in [0.25, 0.3) is 0 Å². The summed E-state index contributed by atoms with van der Waals surface area (Å²) in [6.45, 7) is 3.35. The van der Waals surface area contributed by atoms with Gasteiger partial charge in [-0.1, -0.05) is 6.07 Å². The van der Waals surface area contributed by atoms with E-state index in [9.17, 15) is 0 Å². The molecule has 0 spiro atoms. The maximum Gasteiger partial charge on any atom is 0.231 e. The van der Waals surface area contributed by atoms with Gasteiger partial charge >= 0.3 is 0 Å². The number of nitrogens with zero attached hydrogens (tertiary/aromatic N) is 2. The van der Waals surface area contributed by atoms with Gasteiger partial charge in [-0.3, -0.25) is 0 Å². The second-order valence-corrected chi connectivity index (χ2v) is 6.88. The lowest BCUT2D eigenvalue weighted by Crippen LogP contribution is -2.39. The third-order valence-electron chi connectivity index (χ3n) is 5.01. The molecule has 0 saturated carbocycles. The predicted molar refractivity (Wildman–Crippen MR) is 93.8 cm³/mol.